The van der Waals surface area contributed by atoms with Gasteiger partial charge in [-0.2, -0.15) is 0 Å². The number of hydrogen-bond donors (Lipinski definition) is 1. The highest BCUT2D eigenvalue weighted by atomic mass is 16.4. The average Bonchev–Trinajstić information content (AvgIpc) is 2.78. The van der Waals surface area contributed by atoms with E-state index in [0.29, 0.717) is 16.8 Å². The smallest absolute Gasteiger partial charge is 0.347 e. The monoisotopic (exact) mass is 442 g/mol. The van der Waals surface area contributed by atoms with Gasteiger partial charge in [-0.05, 0) is 43.0 Å². The van der Waals surface area contributed by atoms with E-state index in [0.717, 1.165) is 18.4 Å². The van der Waals surface area contributed by atoms with Crippen molar-refractivity contribution in [1.82, 2.24) is 11.1 Å². The van der Waals surface area contributed by atoms with Crippen LogP contribution in [0.5, 0.6) is 0 Å². The highest BCUT2D eigenvalue weighted by Gasteiger charge is 2.05. The van der Waals surface area contributed by atoms with Crippen molar-refractivity contribution in [3.8, 4) is 0 Å². The van der Waals surface area contributed by atoms with Gasteiger partial charge in [-0.15, -0.1) is 0 Å². The Labute approximate surface area is 195 Å². The predicted octanol–water partition coefficient (Wildman–Crippen LogP) is 8.80. The van der Waals surface area contributed by atoms with Crippen LogP contribution in [0.1, 0.15) is 122 Å². The van der Waals surface area contributed by atoms with Gasteiger partial charge in [0.2, 0.25) is 5.89 Å². The molecule has 1 aromatic carbocycles. The summed E-state index contributed by atoms with van der Waals surface area (Å²) in [4.78, 5) is 16.7. The number of benzene rings is 1. The predicted molar refractivity (Wildman–Crippen MR) is 139 cm³/mol. The standard InChI is InChI=1S/C28H43NO2.H3N/c1-3-5-6-7-8-9-10-11-12-13-14-15-16-17-18-19-20-27-29-26-22-21-24(4-2)23-25(26)28(30)31-27;/h19-23H,3-18H2,1-2H3;1H3/b20-19-;. The van der Waals surface area contributed by atoms with Crippen LogP contribution < -0.4 is 11.8 Å². The Bertz CT molecular complexity index is 826. The molecule has 0 atom stereocenters. The summed E-state index contributed by atoms with van der Waals surface area (Å²) in [5.41, 5.74) is 1.55. The van der Waals surface area contributed by atoms with Crippen LogP contribution in [0.25, 0.3) is 17.0 Å². The van der Waals surface area contributed by atoms with Crippen LogP contribution in [0.15, 0.2) is 33.5 Å². The first kappa shape index (κ1) is 28.1. The number of nitrogens with zero attached hydrogens (tertiary/aromatic N) is 1. The summed E-state index contributed by atoms with van der Waals surface area (Å²) in [7, 11) is 0. The zero-order valence-electron chi connectivity index (χ0n) is 20.7. The third kappa shape index (κ3) is 11.1. The van der Waals surface area contributed by atoms with E-state index >= 15 is 0 Å². The van der Waals surface area contributed by atoms with Gasteiger partial charge in [-0.25, -0.2) is 9.78 Å². The summed E-state index contributed by atoms with van der Waals surface area (Å²) in [5, 5.41) is 0.573. The van der Waals surface area contributed by atoms with Crippen LogP contribution in [0.2, 0.25) is 0 Å². The van der Waals surface area contributed by atoms with Gasteiger partial charge in [0.05, 0.1) is 10.9 Å². The maximum atomic E-state index is 12.2. The van der Waals surface area contributed by atoms with E-state index in [2.05, 4.69) is 24.9 Å². The minimum Gasteiger partial charge on any atom is -0.404 e. The van der Waals surface area contributed by atoms with Gasteiger partial charge in [0.1, 0.15) is 0 Å². The van der Waals surface area contributed by atoms with Crippen molar-refractivity contribution in [3.05, 3.63) is 46.1 Å². The van der Waals surface area contributed by atoms with E-state index in [-0.39, 0.29) is 11.8 Å². The molecule has 32 heavy (non-hydrogen) atoms. The quantitative estimate of drug-likeness (QED) is 0.248. The lowest BCUT2D eigenvalue weighted by Gasteiger charge is -2.03. The largest absolute Gasteiger partial charge is 0.404 e. The normalized spacial score (nSPS) is 11.3. The number of aryl methyl sites for hydroxylation is 1. The minimum atomic E-state index is -0.295. The van der Waals surface area contributed by atoms with Gasteiger partial charge >= 0.3 is 5.63 Å². The highest BCUT2D eigenvalue weighted by molar-refractivity contribution is 5.78. The van der Waals surface area contributed by atoms with Crippen molar-refractivity contribution >= 4 is 17.0 Å². The first-order chi connectivity index (χ1) is 15.2. The molecule has 2 rings (SSSR count). The lowest BCUT2D eigenvalue weighted by Crippen LogP contribution is -2.03. The number of rotatable bonds is 17. The second-order valence-corrected chi connectivity index (χ2v) is 8.83. The Morgan fingerprint density at radius 2 is 1.38 bits per heavy atom. The van der Waals surface area contributed by atoms with Gasteiger partial charge < -0.3 is 10.6 Å². The van der Waals surface area contributed by atoms with Gasteiger partial charge in [0.15, 0.2) is 0 Å². The van der Waals surface area contributed by atoms with Crippen molar-refractivity contribution in [2.24, 2.45) is 0 Å². The lowest BCUT2D eigenvalue weighted by atomic mass is 10.0. The molecule has 0 spiro atoms. The molecule has 0 radical (unpaired) electrons. The topological polar surface area (TPSA) is 78.1 Å². The second kappa shape index (κ2) is 17.6. The van der Waals surface area contributed by atoms with E-state index < -0.39 is 0 Å². The average molecular weight is 443 g/mol. The van der Waals surface area contributed by atoms with Crippen LogP contribution in [-0.2, 0) is 6.42 Å². The van der Waals surface area contributed by atoms with Crippen LogP contribution in [0.4, 0.5) is 0 Å². The summed E-state index contributed by atoms with van der Waals surface area (Å²) in [6.45, 7) is 4.35. The van der Waals surface area contributed by atoms with Crippen molar-refractivity contribution in [3.63, 3.8) is 0 Å². The Balaban J connectivity index is 0.00000512. The van der Waals surface area contributed by atoms with Gasteiger partial charge in [-0.3, -0.25) is 0 Å². The van der Waals surface area contributed by atoms with E-state index in [1.807, 2.05) is 24.3 Å². The van der Waals surface area contributed by atoms with Crippen LogP contribution in [0, 0.1) is 0 Å². The number of allylic oxidation sites excluding steroid dienone is 1. The molecule has 0 aliphatic rings. The minimum absolute atomic E-state index is 0. The molecule has 0 saturated heterocycles. The molecule has 0 bridgehead atoms. The molecule has 0 aliphatic heterocycles. The van der Waals surface area contributed by atoms with Crippen LogP contribution in [-0.4, -0.2) is 4.98 Å². The summed E-state index contributed by atoms with van der Waals surface area (Å²) < 4.78 is 5.36. The van der Waals surface area contributed by atoms with E-state index in [1.54, 1.807) is 0 Å². The summed E-state index contributed by atoms with van der Waals surface area (Å²) >= 11 is 0. The number of fused-ring (bicyclic) bond motifs is 1. The molecule has 4 nitrogen and oxygen atoms in total. The second-order valence-electron chi connectivity index (χ2n) is 8.83. The molecule has 0 fully saturated rings. The molecule has 4 heteroatoms. The van der Waals surface area contributed by atoms with Crippen molar-refractivity contribution < 1.29 is 4.42 Å². The van der Waals surface area contributed by atoms with E-state index in [1.165, 1.54) is 89.9 Å². The molecular formula is C28H46N2O2. The molecule has 2 aromatic rings. The molecule has 3 N–H and O–H groups in total. The number of aromatic nitrogens is 1. The third-order valence-electron chi connectivity index (χ3n) is 6.10. The molecule has 1 heterocycles. The highest BCUT2D eigenvalue weighted by Crippen LogP contribution is 2.15. The van der Waals surface area contributed by atoms with Gasteiger partial charge in [0, 0.05) is 0 Å². The molecule has 1 aromatic heterocycles. The summed E-state index contributed by atoms with van der Waals surface area (Å²) in [5.74, 6) is 0.409. The van der Waals surface area contributed by atoms with Crippen LogP contribution in [0.3, 0.4) is 0 Å². The van der Waals surface area contributed by atoms with Gasteiger partial charge in [-0.1, -0.05) is 109 Å². The zero-order chi connectivity index (χ0) is 22.2. The fourth-order valence-electron chi connectivity index (χ4n) is 4.07. The maximum Gasteiger partial charge on any atom is 0.347 e. The molecular weight excluding hydrogens is 396 g/mol. The maximum absolute atomic E-state index is 12.2. The first-order valence-corrected chi connectivity index (χ1v) is 12.8. The van der Waals surface area contributed by atoms with E-state index in [9.17, 15) is 4.79 Å². The SMILES string of the molecule is CCCCCCCCCCCCCCCC/C=C\c1nc2ccc(CC)cc2c(=O)o1.N. The molecule has 0 unspecified atom stereocenters. The molecule has 180 valence electrons. The zero-order valence-corrected chi connectivity index (χ0v) is 20.7. The molecule has 0 amide bonds. The Morgan fingerprint density at radius 1 is 0.812 bits per heavy atom. The third-order valence-corrected chi connectivity index (χ3v) is 6.10. The van der Waals surface area contributed by atoms with Crippen molar-refractivity contribution in [2.75, 3.05) is 0 Å². The van der Waals surface area contributed by atoms with E-state index in [4.69, 9.17) is 4.42 Å². The Morgan fingerprint density at radius 3 is 1.94 bits per heavy atom. The number of hydrogen-bond acceptors (Lipinski definition) is 4. The first-order valence-electron chi connectivity index (χ1n) is 12.8. The Kier molecular flexibility index (Phi) is 15.4. The van der Waals surface area contributed by atoms with Crippen molar-refractivity contribution in [1.29, 1.82) is 0 Å². The number of unbranched alkanes of at least 4 members (excludes halogenated alkanes) is 14. The van der Waals surface area contributed by atoms with Gasteiger partial charge in [0.25, 0.3) is 0 Å². The molecule has 0 saturated carbocycles. The lowest BCUT2D eigenvalue weighted by molar-refractivity contribution is 0.490. The Hall–Kier alpha value is -1.94. The summed E-state index contributed by atoms with van der Waals surface area (Å²) in [6, 6.07) is 5.82. The fraction of sp³-hybridized carbons (Fsp3) is 0.643. The fourth-order valence-corrected chi connectivity index (χ4v) is 4.07. The van der Waals surface area contributed by atoms with Crippen LogP contribution >= 0.6 is 0 Å². The summed E-state index contributed by atoms with van der Waals surface area (Å²) in [6.07, 6.45) is 25.1. The van der Waals surface area contributed by atoms with Crippen molar-refractivity contribution in [2.45, 2.75) is 117 Å². The molecule has 0 aliphatic carbocycles.